The van der Waals surface area contributed by atoms with Crippen LogP contribution in [0.25, 0.3) is 0 Å². The number of nitro groups is 1. The van der Waals surface area contributed by atoms with E-state index in [0.29, 0.717) is 12.4 Å². The molecule has 0 aliphatic carbocycles. The first-order chi connectivity index (χ1) is 8.18. The molecule has 6 nitrogen and oxygen atoms in total. The molecule has 0 unspecified atom stereocenters. The molecule has 0 saturated carbocycles. The fraction of sp³-hybridized carbons (Fsp3) is 0.700. The van der Waals surface area contributed by atoms with Crippen molar-refractivity contribution in [3.8, 4) is 0 Å². The summed E-state index contributed by atoms with van der Waals surface area (Å²) in [6.07, 6.45) is 1.33. The monoisotopic (exact) mass is 256 g/mol. The van der Waals surface area contributed by atoms with Gasteiger partial charge in [0, 0.05) is 12.7 Å². The van der Waals surface area contributed by atoms with Crippen molar-refractivity contribution < 1.29 is 4.92 Å². The molecule has 94 valence electrons. The zero-order chi connectivity index (χ0) is 12.3. The van der Waals surface area contributed by atoms with Crippen molar-refractivity contribution in [2.45, 2.75) is 13.5 Å². The molecule has 17 heavy (non-hydrogen) atoms. The van der Waals surface area contributed by atoms with Gasteiger partial charge in [0.2, 0.25) is 0 Å². The van der Waals surface area contributed by atoms with Gasteiger partial charge in [-0.15, -0.1) is 0 Å². The lowest BCUT2D eigenvalue weighted by Crippen LogP contribution is -2.43. The summed E-state index contributed by atoms with van der Waals surface area (Å²) in [5.41, 5.74) is 0. The summed E-state index contributed by atoms with van der Waals surface area (Å²) in [6, 6.07) is 0. The number of aromatic nitrogens is 2. The summed E-state index contributed by atoms with van der Waals surface area (Å²) in [6.45, 7) is 4.68. The van der Waals surface area contributed by atoms with Gasteiger partial charge in [0.05, 0.1) is 0 Å². The van der Waals surface area contributed by atoms with Crippen LogP contribution in [0.2, 0.25) is 0 Å². The second-order valence-corrected chi connectivity index (χ2v) is 5.32. The number of nitrogens with one attached hydrogen (secondary N) is 1. The van der Waals surface area contributed by atoms with Crippen molar-refractivity contribution in [2.24, 2.45) is 5.92 Å². The number of rotatable bonds is 6. The SMILES string of the molecule is Cc1ncc([N+](=O)[O-])n1CCSCC1CNC1. The largest absolute Gasteiger partial charge is 0.358 e. The van der Waals surface area contributed by atoms with E-state index in [1.807, 2.05) is 11.8 Å². The minimum Gasteiger partial charge on any atom is -0.358 e. The highest BCUT2D eigenvalue weighted by molar-refractivity contribution is 7.99. The number of thioether (sulfide) groups is 1. The van der Waals surface area contributed by atoms with Crippen molar-refractivity contribution in [3.05, 3.63) is 22.1 Å². The second-order valence-electron chi connectivity index (χ2n) is 4.17. The third kappa shape index (κ3) is 2.98. The van der Waals surface area contributed by atoms with E-state index in [-0.39, 0.29) is 10.7 Å². The predicted octanol–water partition coefficient (Wildman–Crippen LogP) is 1.05. The Balaban J connectivity index is 1.80. The first-order valence-electron chi connectivity index (χ1n) is 5.63. The first-order valence-corrected chi connectivity index (χ1v) is 6.79. The van der Waals surface area contributed by atoms with Crippen LogP contribution in [0.3, 0.4) is 0 Å². The number of nitrogens with zero attached hydrogens (tertiary/aromatic N) is 3. The Hall–Kier alpha value is -1.08. The summed E-state index contributed by atoms with van der Waals surface area (Å²) in [4.78, 5) is 14.4. The lowest BCUT2D eigenvalue weighted by atomic mass is 10.1. The van der Waals surface area contributed by atoms with Gasteiger partial charge < -0.3 is 15.4 Å². The zero-order valence-electron chi connectivity index (χ0n) is 9.76. The van der Waals surface area contributed by atoms with Gasteiger partial charge in [-0.25, -0.2) is 9.55 Å². The maximum absolute atomic E-state index is 10.8. The van der Waals surface area contributed by atoms with Crippen molar-refractivity contribution >= 4 is 17.6 Å². The minimum atomic E-state index is -0.374. The molecule has 0 atom stereocenters. The first kappa shape index (κ1) is 12.4. The third-order valence-electron chi connectivity index (χ3n) is 2.90. The smallest absolute Gasteiger partial charge is 0.342 e. The molecule has 1 aliphatic heterocycles. The molecule has 1 aromatic heterocycles. The molecule has 0 bridgehead atoms. The summed E-state index contributed by atoms with van der Waals surface area (Å²) >= 11 is 1.85. The van der Waals surface area contributed by atoms with Crippen molar-refractivity contribution in [2.75, 3.05) is 24.6 Å². The van der Waals surface area contributed by atoms with Gasteiger partial charge in [0.25, 0.3) is 0 Å². The second kappa shape index (κ2) is 5.50. The lowest BCUT2D eigenvalue weighted by molar-refractivity contribution is -0.392. The van der Waals surface area contributed by atoms with E-state index in [0.717, 1.165) is 30.5 Å². The van der Waals surface area contributed by atoms with Crippen LogP contribution in [0.5, 0.6) is 0 Å². The van der Waals surface area contributed by atoms with Crippen molar-refractivity contribution in [1.82, 2.24) is 14.9 Å². The minimum absolute atomic E-state index is 0.0911. The molecule has 2 rings (SSSR count). The van der Waals surface area contributed by atoms with Gasteiger partial charge in [-0.05, 0) is 29.7 Å². The summed E-state index contributed by atoms with van der Waals surface area (Å²) in [5, 5.41) is 14.0. The molecule has 0 amide bonds. The molecule has 2 heterocycles. The molecule has 7 heteroatoms. The van der Waals surface area contributed by atoms with E-state index in [9.17, 15) is 10.1 Å². The zero-order valence-corrected chi connectivity index (χ0v) is 10.6. The third-order valence-corrected chi connectivity index (χ3v) is 4.08. The fourth-order valence-corrected chi connectivity index (χ4v) is 2.80. The fourth-order valence-electron chi connectivity index (χ4n) is 1.75. The van der Waals surface area contributed by atoms with Crippen molar-refractivity contribution in [1.29, 1.82) is 0 Å². The Morgan fingerprint density at radius 3 is 3.06 bits per heavy atom. The van der Waals surface area contributed by atoms with Crippen LogP contribution < -0.4 is 5.32 Å². The van der Waals surface area contributed by atoms with E-state index >= 15 is 0 Å². The van der Waals surface area contributed by atoms with Gasteiger partial charge in [0.1, 0.15) is 12.7 Å². The van der Waals surface area contributed by atoms with E-state index in [1.165, 1.54) is 6.20 Å². The number of hydrogen-bond acceptors (Lipinski definition) is 5. The van der Waals surface area contributed by atoms with E-state index in [2.05, 4.69) is 10.3 Å². The number of imidazole rings is 1. The van der Waals surface area contributed by atoms with Crippen molar-refractivity contribution in [3.63, 3.8) is 0 Å². The van der Waals surface area contributed by atoms with Gasteiger partial charge >= 0.3 is 5.82 Å². The summed E-state index contributed by atoms with van der Waals surface area (Å²) in [5.74, 6) is 3.61. The maximum atomic E-state index is 10.8. The normalized spacial score (nSPS) is 15.8. The number of aryl methyl sites for hydroxylation is 1. The van der Waals surface area contributed by atoms with Crippen LogP contribution in [-0.4, -0.2) is 39.1 Å². The highest BCUT2D eigenvalue weighted by Gasteiger charge is 2.18. The molecular formula is C10H16N4O2S. The van der Waals surface area contributed by atoms with E-state index in [4.69, 9.17) is 0 Å². The summed E-state index contributed by atoms with van der Waals surface area (Å²) < 4.78 is 1.67. The molecule has 0 spiro atoms. The van der Waals surface area contributed by atoms with E-state index in [1.54, 1.807) is 11.5 Å². The molecular weight excluding hydrogens is 240 g/mol. The van der Waals surface area contributed by atoms with Crippen LogP contribution in [-0.2, 0) is 6.54 Å². The predicted molar refractivity (Wildman–Crippen MR) is 67.3 cm³/mol. The Bertz CT molecular complexity index is 403. The Kier molecular flexibility index (Phi) is 4.01. The number of hydrogen-bond donors (Lipinski definition) is 1. The van der Waals surface area contributed by atoms with Gasteiger partial charge in [0.15, 0.2) is 5.82 Å². The van der Waals surface area contributed by atoms with Gasteiger partial charge in [-0.3, -0.25) is 0 Å². The van der Waals surface area contributed by atoms with Gasteiger partial charge in [-0.2, -0.15) is 11.8 Å². The highest BCUT2D eigenvalue weighted by atomic mass is 32.2. The van der Waals surface area contributed by atoms with Gasteiger partial charge in [-0.1, -0.05) is 0 Å². The molecule has 1 N–H and O–H groups in total. The lowest BCUT2D eigenvalue weighted by Gasteiger charge is -2.26. The average Bonchev–Trinajstić information content (AvgIpc) is 2.57. The molecule has 1 aromatic rings. The standard InChI is InChI=1S/C10H16N4O2S/c1-8-12-6-10(14(15)16)13(8)2-3-17-7-9-4-11-5-9/h6,9,11H,2-5,7H2,1H3. The van der Waals surface area contributed by atoms with Crippen LogP contribution in [0.1, 0.15) is 5.82 Å². The van der Waals surface area contributed by atoms with E-state index < -0.39 is 0 Å². The van der Waals surface area contributed by atoms with Crippen LogP contribution in [0.4, 0.5) is 5.82 Å². The summed E-state index contributed by atoms with van der Waals surface area (Å²) in [7, 11) is 0. The maximum Gasteiger partial charge on any atom is 0.342 e. The van der Waals surface area contributed by atoms with Crippen LogP contribution in [0.15, 0.2) is 6.20 Å². The van der Waals surface area contributed by atoms with Crippen LogP contribution >= 0.6 is 11.8 Å². The quantitative estimate of drug-likeness (QED) is 0.468. The molecule has 0 radical (unpaired) electrons. The Labute approximate surface area is 104 Å². The molecule has 1 saturated heterocycles. The highest BCUT2D eigenvalue weighted by Crippen LogP contribution is 2.17. The molecule has 0 aromatic carbocycles. The molecule has 1 aliphatic rings. The topological polar surface area (TPSA) is 73.0 Å². The van der Waals surface area contributed by atoms with Crippen LogP contribution in [0, 0.1) is 23.0 Å². The Morgan fingerprint density at radius 1 is 1.71 bits per heavy atom. The molecule has 1 fully saturated rings. The average molecular weight is 256 g/mol. The Morgan fingerprint density at radius 2 is 2.47 bits per heavy atom.